The minimum atomic E-state index is 0.111. The fraction of sp³-hybridized carbons (Fsp3) is 0.316. The predicted molar refractivity (Wildman–Crippen MR) is 98.5 cm³/mol. The number of carbonyl (C=O) groups excluding carboxylic acids is 1. The molecule has 0 saturated carbocycles. The molecule has 0 radical (unpaired) electrons. The lowest BCUT2D eigenvalue weighted by Crippen LogP contribution is -2.48. The van der Waals surface area contributed by atoms with Gasteiger partial charge in [-0.2, -0.15) is 0 Å². The molecular weight excluding hydrogens is 318 g/mol. The van der Waals surface area contributed by atoms with Crippen molar-refractivity contribution in [2.45, 2.75) is 13.5 Å². The summed E-state index contributed by atoms with van der Waals surface area (Å²) in [5.74, 6) is 0.111. The number of aromatic nitrogens is 1. The SMILES string of the molecule is Cc1ccc2cc(C(=O)N3CCN(Cc4cccs4)CC3)[nH]c2c1. The van der Waals surface area contributed by atoms with E-state index in [0.29, 0.717) is 5.69 Å². The molecule has 1 aliphatic heterocycles. The quantitative estimate of drug-likeness (QED) is 0.793. The van der Waals surface area contributed by atoms with E-state index < -0.39 is 0 Å². The molecule has 1 aromatic carbocycles. The van der Waals surface area contributed by atoms with Crippen LogP contribution in [-0.4, -0.2) is 46.9 Å². The van der Waals surface area contributed by atoms with Crippen LogP contribution in [-0.2, 0) is 6.54 Å². The average molecular weight is 339 g/mol. The Morgan fingerprint density at radius 2 is 2.00 bits per heavy atom. The molecule has 1 saturated heterocycles. The lowest BCUT2D eigenvalue weighted by Gasteiger charge is -2.34. The summed E-state index contributed by atoms with van der Waals surface area (Å²) >= 11 is 1.80. The fourth-order valence-corrected chi connectivity index (χ4v) is 4.00. The lowest BCUT2D eigenvalue weighted by molar-refractivity contribution is 0.0625. The van der Waals surface area contributed by atoms with Crippen LogP contribution in [0.4, 0.5) is 0 Å². The molecule has 24 heavy (non-hydrogen) atoms. The van der Waals surface area contributed by atoms with E-state index in [2.05, 4.69) is 52.5 Å². The van der Waals surface area contributed by atoms with Gasteiger partial charge in [0.1, 0.15) is 5.69 Å². The third kappa shape index (κ3) is 3.09. The number of aryl methyl sites for hydroxylation is 1. The van der Waals surface area contributed by atoms with Crippen molar-refractivity contribution < 1.29 is 4.79 Å². The highest BCUT2D eigenvalue weighted by Crippen LogP contribution is 2.19. The molecule has 1 fully saturated rings. The van der Waals surface area contributed by atoms with Gasteiger partial charge >= 0.3 is 0 Å². The van der Waals surface area contributed by atoms with Gasteiger partial charge in [0.2, 0.25) is 0 Å². The molecule has 0 spiro atoms. The summed E-state index contributed by atoms with van der Waals surface area (Å²) in [6.07, 6.45) is 0. The molecule has 0 aliphatic carbocycles. The number of rotatable bonds is 3. The number of nitrogens with one attached hydrogen (secondary N) is 1. The van der Waals surface area contributed by atoms with Crippen LogP contribution in [0.2, 0.25) is 0 Å². The van der Waals surface area contributed by atoms with E-state index in [9.17, 15) is 4.79 Å². The first-order chi connectivity index (χ1) is 11.7. The Kier molecular flexibility index (Phi) is 4.12. The zero-order chi connectivity index (χ0) is 16.5. The number of H-pyrrole nitrogens is 1. The van der Waals surface area contributed by atoms with Gasteiger partial charge < -0.3 is 9.88 Å². The van der Waals surface area contributed by atoms with Crippen molar-refractivity contribution in [2.24, 2.45) is 0 Å². The minimum Gasteiger partial charge on any atom is -0.351 e. The Bertz CT molecular complexity index is 845. The largest absolute Gasteiger partial charge is 0.351 e. The number of aromatic amines is 1. The lowest BCUT2D eigenvalue weighted by atomic mass is 10.2. The van der Waals surface area contributed by atoms with Gasteiger partial charge in [0.15, 0.2) is 0 Å². The first-order valence-electron chi connectivity index (χ1n) is 8.32. The number of nitrogens with zero attached hydrogens (tertiary/aromatic N) is 2. The third-order valence-corrected chi connectivity index (χ3v) is 5.49. The van der Waals surface area contributed by atoms with E-state index >= 15 is 0 Å². The molecule has 0 atom stereocenters. The fourth-order valence-electron chi connectivity index (χ4n) is 3.26. The normalized spacial score (nSPS) is 16.0. The van der Waals surface area contributed by atoms with Crippen molar-refractivity contribution in [3.63, 3.8) is 0 Å². The van der Waals surface area contributed by atoms with Crippen LogP contribution in [0.25, 0.3) is 10.9 Å². The predicted octanol–water partition coefficient (Wildman–Crippen LogP) is 3.50. The van der Waals surface area contributed by atoms with Crippen molar-refractivity contribution in [2.75, 3.05) is 26.2 Å². The Labute approximate surface area is 145 Å². The second kappa shape index (κ2) is 6.42. The molecular formula is C19H21N3OS. The topological polar surface area (TPSA) is 39.3 Å². The summed E-state index contributed by atoms with van der Waals surface area (Å²) in [4.78, 5) is 21.8. The van der Waals surface area contributed by atoms with E-state index in [1.807, 2.05) is 11.0 Å². The number of hydrogen-bond donors (Lipinski definition) is 1. The highest BCUT2D eigenvalue weighted by Gasteiger charge is 2.23. The number of fused-ring (bicyclic) bond motifs is 1. The van der Waals surface area contributed by atoms with Crippen LogP contribution < -0.4 is 0 Å². The minimum absolute atomic E-state index is 0.111. The molecule has 3 heterocycles. The molecule has 4 nitrogen and oxygen atoms in total. The molecule has 2 aromatic heterocycles. The molecule has 1 N–H and O–H groups in total. The second-order valence-electron chi connectivity index (χ2n) is 6.42. The van der Waals surface area contributed by atoms with Gasteiger partial charge in [-0.1, -0.05) is 18.2 Å². The summed E-state index contributed by atoms with van der Waals surface area (Å²) in [5, 5.41) is 3.22. The number of piperazine rings is 1. The zero-order valence-corrected chi connectivity index (χ0v) is 14.6. The molecule has 4 rings (SSSR count). The number of thiophene rings is 1. The van der Waals surface area contributed by atoms with Gasteiger partial charge in [0.25, 0.3) is 5.91 Å². The van der Waals surface area contributed by atoms with E-state index in [0.717, 1.165) is 43.6 Å². The Hall–Kier alpha value is -2.11. The van der Waals surface area contributed by atoms with Crippen molar-refractivity contribution in [3.05, 3.63) is 57.9 Å². The molecule has 1 aliphatic rings. The van der Waals surface area contributed by atoms with Gasteiger partial charge in [-0.15, -0.1) is 11.3 Å². The van der Waals surface area contributed by atoms with Crippen LogP contribution in [0.3, 0.4) is 0 Å². The first kappa shape index (κ1) is 15.4. The maximum absolute atomic E-state index is 12.8. The number of hydrogen-bond acceptors (Lipinski definition) is 3. The summed E-state index contributed by atoms with van der Waals surface area (Å²) < 4.78 is 0. The maximum atomic E-state index is 12.8. The Morgan fingerprint density at radius 1 is 1.17 bits per heavy atom. The van der Waals surface area contributed by atoms with Crippen molar-refractivity contribution >= 4 is 28.1 Å². The number of amides is 1. The van der Waals surface area contributed by atoms with Crippen LogP contribution in [0.1, 0.15) is 20.9 Å². The van der Waals surface area contributed by atoms with Gasteiger partial charge in [0, 0.05) is 48.5 Å². The molecule has 1 amide bonds. The molecule has 0 bridgehead atoms. The zero-order valence-electron chi connectivity index (χ0n) is 13.8. The number of carbonyl (C=O) groups is 1. The second-order valence-corrected chi connectivity index (χ2v) is 7.45. The molecule has 124 valence electrons. The van der Waals surface area contributed by atoms with Crippen LogP contribution in [0.15, 0.2) is 41.8 Å². The van der Waals surface area contributed by atoms with Crippen LogP contribution >= 0.6 is 11.3 Å². The van der Waals surface area contributed by atoms with E-state index in [1.165, 1.54) is 10.4 Å². The first-order valence-corrected chi connectivity index (χ1v) is 9.20. The highest BCUT2D eigenvalue weighted by molar-refractivity contribution is 7.09. The molecule has 3 aromatic rings. The van der Waals surface area contributed by atoms with Gasteiger partial charge in [0.05, 0.1) is 0 Å². The van der Waals surface area contributed by atoms with E-state index in [4.69, 9.17) is 0 Å². The van der Waals surface area contributed by atoms with Gasteiger partial charge in [-0.3, -0.25) is 9.69 Å². The number of benzene rings is 1. The van der Waals surface area contributed by atoms with Gasteiger partial charge in [-0.05, 0) is 36.1 Å². The Balaban J connectivity index is 1.41. The van der Waals surface area contributed by atoms with Crippen molar-refractivity contribution in [1.29, 1.82) is 0 Å². The molecule has 0 unspecified atom stereocenters. The smallest absolute Gasteiger partial charge is 0.270 e. The van der Waals surface area contributed by atoms with Gasteiger partial charge in [-0.25, -0.2) is 0 Å². The van der Waals surface area contributed by atoms with E-state index in [-0.39, 0.29) is 5.91 Å². The highest BCUT2D eigenvalue weighted by atomic mass is 32.1. The summed E-state index contributed by atoms with van der Waals surface area (Å²) in [7, 11) is 0. The monoisotopic (exact) mass is 339 g/mol. The van der Waals surface area contributed by atoms with Crippen molar-refractivity contribution in [3.8, 4) is 0 Å². The summed E-state index contributed by atoms with van der Waals surface area (Å²) in [5.41, 5.74) is 2.93. The maximum Gasteiger partial charge on any atom is 0.270 e. The van der Waals surface area contributed by atoms with E-state index in [1.54, 1.807) is 11.3 Å². The molecule has 5 heteroatoms. The average Bonchev–Trinajstić information content (AvgIpc) is 3.24. The van der Waals surface area contributed by atoms with Crippen molar-refractivity contribution in [1.82, 2.24) is 14.8 Å². The summed E-state index contributed by atoms with van der Waals surface area (Å²) in [6.45, 7) is 6.50. The summed E-state index contributed by atoms with van der Waals surface area (Å²) in [6, 6.07) is 12.5. The third-order valence-electron chi connectivity index (χ3n) is 4.63. The standard InChI is InChI=1S/C19H21N3OS/c1-14-4-5-15-12-18(20-17(15)11-14)19(23)22-8-6-21(7-9-22)13-16-3-2-10-24-16/h2-5,10-12,20H,6-9,13H2,1H3. The van der Waals surface area contributed by atoms with Crippen LogP contribution in [0, 0.1) is 6.92 Å². The van der Waals surface area contributed by atoms with Crippen LogP contribution in [0.5, 0.6) is 0 Å². The Morgan fingerprint density at radius 3 is 2.75 bits per heavy atom.